The lowest BCUT2D eigenvalue weighted by Crippen LogP contribution is -2.50. The second kappa shape index (κ2) is 4.52. The molecule has 0 spiro atoms. The highest BCUT2D eigenvalue weighted by Crippen LogP contribution is 2.39. The lowest BCUT2D eigenvalue weighted by molar-refractivity contribution is -0.146. The topological polar surface area (TPSA) is 40.5 Å². The molecule has 1 aliphatic carbocycles. The number of carboxylic acid groups (broad SMARTS) is 1. The highest BCUT2D eigenvalue weighted by molar-refractivity contribution is 5.73. The number of nitrogens with zero attached hydrogens (tertiary/aromatic N) is 1. The monoisotopic (exact) mass is 211 g/mol. The molecule has 3 nitrogen and oxygen atoms in total. The van der Waals surface area contributed by atoms with Crippen LogP contribution in [0.3, 0.4) is 0 Å². The van der Waals surface area contributed by atoms with E-state index < -0.39 is 5.97 Å². The Morgan fingerprint density at radius 3 is 2.67 bits per heavy atom. The van der Waals surface area contributed by atoms with Crippen molar-refractivity contribution in [2.75, 3.05) is 6.54 Å². The summed E-state index contributed by atoms with van der Waals surface area (Å²) in [6.45, 7) is 3.18. The van der Waals surface area contributed by atoms with Crippen LogP contribution < -0.4 is 0 Å². The molecule has 0 aromatic rings. The molecule has 15 heavy (non-hydrogen) atoms. The van der Waals surface area contributed by atoms with Gasteiger partial charge in [-0.25, -0.2) is 0 Å². The second-order valence-electron chi connectivity index (χ2n) is 4.90. The molecule has 2 unspecified atom stereocenters. The van der Waals surface area contributed by atoms with Gasteiger partial charge in [0.05, 0.1) is 0 Å². The minimum Gasteiger partial charge on any atom is -0.480 e. The molecule has 86 valence electrons. The number of piperidine rings is 1. The van der Waals surface area contributed by atoms with Crippen molar-refractivity contribution >= 4 is 5.97 Å². The Labute approximate surface area is 91.5 Å². The minimum absolute atomic E-state index is 0.204. The minimum atomic E-state index is -0.617. The van der Waals surface area contributed by atoms with Gasteiger partial charge < -0.3 is 5.11 Å². The largest absolute Gasteiger partial charge is 0.480 e. The fraction of sp³-hybridized carbons (Fsp3) is 0.917. The highest BCUT2D eigenvalue weighted by atomic mass is 16.4. The van der Waals surface area contributed by atoms with Crippen LogP contribution in [0.4, 0.5) is 0 Å². The van der Waals surface area contributed by atoms with E-state index in [9.17, 15) is 9.90 Å². The number of aliphatic carboxylic acids is 1. The highest BCUT2D eigenvalue weighted by Gasteiger charge is 2.39. The zero-order valence-corrected chi connectivity index (χ0v) is 9.48. The maximum Gasteiger partial charge on any atom is 0.320 e. The molecule has 0 aromatic carbocycles. The summed E-state index contributed by atoms with van der Waals surface area (Å²) in [7, 11) is 0. The van der Waals surface area contributed by atoms with Crippen molar-refractivity contribution < 1.29 is 9.90 Å². The Morgan fingerprint density at radius 1 is 1.40 bits per heavy atom. The molecule has 2 fully saturated rings. The lowest BCUT2D eigenvalue weighted by atomic mass is 9.97. The van der Waals surface area contributed by atoms with E-state index in [2.05, 4.69) is 11.8 Å². The first kappa shape index (κ1) is 10.9. The molecule has 2 atom stereocenters. The molecular weight excluding hydrogens is 190 g/mol. The van der Waals surface area contributed by atoms with E-state index in [1.165, 1.54) is 19.3 Å². The van der Waals surface area contributed by atoms with E-state index in [0.717, 1.165) is 31.7 Å². The number of hydrogen-bond acceptors (Lipinski definition) is 2. The van der Waals surface area contributed by atoms with E-state index in [4.69, 9.17) is 0 Å². The van der Waals surface area contributed by atoms with Crippen LogP contribution in [-0.2, 0) is 4.79 Å². The fourth-order valence-corrected chi connectivity index (χ4v) is 2.94. The van der Waals surface area contributed by atoms with E-state index in [-0.39, 0.29) is 6.04 Å². The average Bonchev–Trinajstić information content (AvgIpc) is 3.04. The fourth-order valence-electron chi connectivity index (χ4n) is 2.94. The summed E-state index contributed by atoms with van der Waals surface area (Å²) >= 11 is 0. The Bertz CT molecular complexity index is 238. The van der Waals surface area contributed by atoms with E-state index in [0.29, 0.717) is 6.04 Å². The van der Waals surface area contributed by atoms with Crippen LogP contribution in [0, 0.1) is 5.92 Å². The molecule has 2 rings (SSSR count). The summed E-state index contributed by atoms with van der Waals surface area (Å²) in [6.07, 6.45) is 6.82. The number of carbonyl (C=O) groups is 1. The Balaban J connectivity index is 2.04. The molecule has 3 heteroatoms. The normalized spacial score (nSPS) is 30.1. The summed E-state index contributed by atoms with van der Waals surface area (Å²) < 4.78 is 0. The van der Waals surface area contributed by atoms with Crippen LogP contribution in [0.2, 0.25) is 0 Å². The van der Waals surface area contributed by atoms with Crippen molar-refractivity contribution in [3.8, 4) is 0 Å². The number of likely N-dealkylation sites (tertiary alicyclic amines) is 1. The Hall–Kier alpha value is -0.570. The molecular formula is C12H21NO2. The third kappa shape index (κ3) is 2.33. The molecule has 2 aliphatic rings. The van der Waals surface area contributed by atoms with Crippen LogP contribution in [-0.4, -0.2) is 34.6 Å². The molecule has 0 aromatic heterocycles. The van der Waals surface area contributed by atoms with Gasteiger partial charge >= 0.3 is 5.97 Å². The zero-order valence-electron chi connectivity index (χ0n) is 9.48. The summed E-state index contributed by atoms with van der Waals surface area (Å²) in [4.78, 5) is 13.5. The molecule has 1 saturated heterocycles. The third-order valence-corrected chi connectivity index (χ3v) is 3.84. The number of carboxylic acids is 1. The predicted octanol–water partition coefficient (Wildman–Crippen LogP) is 2.11. The first-order valence-electron chi connectivity index (χ1n) is 6.22. The average molecular weight is 211 g/mol. The van der Waals surface area contributed by atoms with Crippen molar-refractivity contribution in [3.63, 3.8) is 0 Å². The van der Waals surface area contributed by atoms with Crippen molar-refractivity contribution in [2.24, 2.45) is 5.92 Å². The first-order chi connectivity index (χ1) is 7.24. The van der Waals surface area contributed by atoms with E-state index in [1.807, 2.05) is 0 Å². The van der Waals surface area contributed by atoms with E-state index in [1.54, 1.807) is 0 Å². The van der Waals surface area contributed by atoms with Gasteiger partial charge in [-0.1, -0.05) is 13.3 Å². The van der Waals surface area contributed by atoms with Crippen molar-refractivity contribution in [1.82, 2.24) is 4.90 Å². The van der Waals surface area contributed by atoms with Crippen LogP contribution in [0.1, 0.15) is 45.4 Å². The van der Waals surface area contributed by atoms with Gasteiger partial charge in [0.15, 0.2) is 0 Å². The lowest BCUT2D eigenvalue weighted by Gasteiger charge is -2.39. The van der Waals surface area contributed by atoms with Gasteiger partial charge in [0.25, 0.3) is 0 Å². The molecule has 0 amide bonds. The summed E-state index contributed by atoms with van der Waals surface area (Å²) in [5.41, 5.74) is 0. The van der Waals surface area contributed by atoms with Gasteiger partial charge in [-0.3, -0.25) is 9.69 Å². The Morgan fingerprint density at radius 2 is 2.13 bits per heavy atom. The number of rotatable bonds is 4. The molecule has 1 N–H and O–H groups in total. The molecule has 1 aliphatic heterocycles. The molecule has 0 radical (unpaired) electrons. The number of hydrogen-bond donors (Lipinski definition) is 1. The van der Waals surface area contributed by atoms with Crippen molar-refractivity contribution in [3.05, 3.63) is 0 Å². The predicted molar refractivity (Wildman–Crippen MR) is 58.8 cm³/mol. The maximum atomic E-state index is 11.2. The van der Waals surface area contributed by atoms with Gasteiger partial charge in [0.2, 0.25) is 0 Å². The van der Waals surface area contributed by atoms with Crippen molar-refractivity contribution in [2.45, 2.75) is 57.5 Å². The smallest absolute Gasteiger partial charge is 0.320 e. The first-order valence-corrected chi connectivity index (χ1v) is 6.22. The molecule has 1 saturated carbocycles. The summed E-state index contributed by atoms with van der Waals surface area (Å²) in [5, 5.41) is 9.21. The van der Waals surface area contributed by atoms with Crippen LogP contribution in [0.5, 0.6) is 0 Å². The maximum absolute atomic E-state index is 11.2. The summed E-state index contributed by atoms with van der Waals surface area (Å²) in [6, 6.07) is 0.329. The molecule has 0 bridgehead atoms. The van der Waals surface area contributed by atoms with Gasteiger partial charge in [-0.05, 0) is 44.6 Å². The van der Waals surface area contributed by atoms with Gasteiger partial charge in [0, 0.05) is 6.04 Å². The standard InChI is InChI=1S/C12H21NO2/c1-2-10(9-6-7-9)13-8-4-3-5-11(13)12(14)15/h9-11H,2-8H2,1H3,(H,14,15). The zero-order chi connectivity index (χ0) is 10.8. The third-order valence-electron chi connectivity index (χ3n) is 3.84. The van der Waals surface area contributed by atoms with Crippen LogP contribution in [0.15, 0.2) is 0 Å². The van der Waals surface area contributed by atoms with Gasteiger partial charge in [0.1, 0.15) is 6.04 Å². The van der Waals surface area contributed by atoms with Crippen LogP contribution in [0.25, 0.3) is 0 Å². The van der Waals surface area contributed by atoms with E-state index >= 15 is 0 Å². The second-order valence-corrected chi connectivity index (χ2v) is 4.90. The SMILES string of the molecule is CCC(C1CC1)N1CCCCC1C(=O)O. The Kier molecular flexibility index (Phi) is 3.29. The molecule has 1 heterocycles. The quantitative estimate of drug-likeness (QED) is 0.774. The van der Waals surface area contributed by atoms with Crippen molar-refractivity contribution in [1.29, 1.82) is 0 Å². The van der Waals surface area contributed by atoms with Crippen LogP contribution >= 0.6 is 0 Å². The van der Waals surface area contributed by atoms with Gasteiger partial charge in [-0.15, -0.1) is 0 Å². The summed E-state index contributed by atoms with van der Waals surface area (Å²) in [5.74, 6) is 0.170. The van der Waals surface area contributed by atoms with Gasteiger partial charge in [-0.2, -0.15) is 0 Å².